The predicted molar refractivity (Wildman–Crippen MR) is 63.6 cm³/mol. The minimum atomic E-state index is -0.273. The van der Waals surface area contributed by atoms with E-state index < -0.39 is 0 Å². The predicted octanol–water partition coefficient (Wildman–Crippen LogP) is 2.10. The molecule has 3 nitrogen and oxygen atoms in total. The van der Waals surface area contributed by atoms with Gasteiger partial charge in [-0.15, -0.1) is 0 Å². The Morgan fingerprint density at radius 2 is 2.12 bits per heavy atom. The number of rotatable bonds is 5. The van der Waals surface area contributed by atoms with E-state index in [-0.39, 0.29) is 5.82 Å². The summed E-state index contributed by atoms with van der Waals surface area (Å²) < 4.78 is 23.9. The fourth-order valence-corrected chi connectivity index (χ4v) is 2.03. The number of benzene rings is 1. The Kier molecular flexibility index (Phi) is 3.97. The van der Waals surface area contributed by atoms with Crippen molar-refractivity contribution in [3.8, 4) is 5.75 Å². The molecule has 0 amide bonds. The summed E-state index contributed by atoms with van der Waals surface area (Å²) in [6.07, 6.45) is 2.37. The number of halogens is 1. The van der Waals surface area contributed by atoms with Crippen molar-refractivity contribution in [3.05, 3.63) is 29.6 Å². The third-order valence-electron chi connectivity index (χ3n) is 3.27. The zero-order valence-corrected chi connectivity index (χ0v) is 10.2. The number of ether oxygens (including phenoxy) is 2. The first-order chi connectivity index (χ1) is 8.24. The highest BCUT2D eigenvalue weighted by atomic mass is 19.1. The SMILES string of the molecule is COc1cccc(CNC2CC(OC)C2)c1F. The van der Waals surface area contributed by atoms with Gasteiger partial charge in [0.2, 0.25) is 0 Å². The molecule has 94 valence electrons. The Hall–Kier alpha value is -1.13. The molecular formula is C13H18FNO2. The topological polar surface area (TPSA) is 30.5 Å². The van der Waals surface area contributed by atoms with Gasteiger partial charge in [-0.3, -0.25) is 0 Å². The van der Waals surface area contributed by atoms with E-state index >= 15 is 0 Å². The molecule has 0 spiro atoms. The molecule has 0 aromatic heterocycles. The Bertz CT molecular complexity index is 378. The molecule has 2 rings (SSSR count). The van der Waals surface area contributed by atoms with Crippen LogP contribution in [0.2, 0.25) is 0 Å². The second-order valence-electron chi connectivity index (χ2n) is 4.34. The number of methoxy groups -OCH3 is 2. The highest BCUT2D eigenvalue weighted by Crippen LogP contribution is 2.24. The van der Waals surface area contributed by atoms with E-state index in [1.807, 2.05) is 0 Å². The molecule has 1 aliphatic carbocycles. The molecule has 0 unspecified atom stereocenters. The van der Waals surface area contributed by atoms with Gasteiger partial charge in [0.15, 0.2) is 11.6 Å². The average Bonchev–Trinajstić information content (AvgIpc) is 2.29. The molecular weight excluding hydrogens is 221 g/mol. The third kappa shape index (κ3) is 2.76. The maximum absolute atomic E-state index is 13.8. The van der Waals surface area contributed by atoms with E-state index in [4.69, 9.17) is 9.47 Å². The normalized spacial score (nSPS) is 23.2. The maximum Gasteiger partial charge on any atom is 0.169 e. The highest BCUT2D eigenvalue weighted by Gasteiger charge is 2.28. The largest absolute Gasteiger partial charge is 0.494 e. The van der Waals surface area contributed by atoms with Crippen molar-refractivity contribution in [1.29, 1.82) is 0 Å². The van der Waals surface area contributed by atoms with Crippen molar-refractivity contribution in [1.82, 2.24) is 5.32 Å². The fraction of sp³-hybridized carbons (Fsp3) is 0.538. The van der Waals surface area contributed by atoms with E-state index in [0.29, 0.717) is 30.0 Å². The van der Waals surface area contributed by atoms with E-state index in [0.717, 1.165) is 12.8 Å². The minimum Gasteiger partial charge on any atom is -0.494 e. The summed E-state index contributed by atoms with van der Waals surface area (Å²) in [5, 5.41) is 3.32. The van der Waals surface area contributed by atoms with Crippen LogP contribution in [0.15, 0.2) is 18.2 Å². The smallest absolute Gasteiger partial charge is 0.169 e. The van der Waals surface area contributed by atoms with Crippen molar-refractivity contribution in [3.63, 3.8) is 0 Å². The summed E-state index contributed by atoms with van der Waals surface area (Å²) in [6.45, 7) is 0.532. The first-order valence-electron chi connectivity index (χ1n) is 5.82. The fourth-order valence-electron chi connectivity index (χ4n) is 2.03. The van der Waals surface area contributed by atoms with Gasteiger partial charge in [0.05, 0.1) is 13.2 Å². The van der Waals surface area contributed by atoms with Crippen molar-refractivity contribution in [2.75, 3.05) is 14.2 Å². The van der Waals surface area contributed by atoms with Gasteiger partial charge >= 0.3 is 0 Å². The van der Waals surface area contributed by atoms with Crippen LogP contribution >= 0.6 is 0 Å². The van der Waals surface area contributed by atoms with Crippen molar-refractivity contribution >= 4 is 0 Å². The van der Waals surface area contributed by atoms with Gasteiger partial charge in [-0.1, -0.05) is 12.1 Å². The van der Waals surface area contributed by atoms with Crippen LogP contribution in [0.3, 0.4) is 0 Å². The molecule has 17 heavy (non-hydrogen) atoms. The van der Waals surface area contributed by atoms with E-state index in [2.05, 4.69) is 5.32 Å². The molecule has 1 aliphatic rings. The number of nitrogens with one attached hydrogen (secondary N) is 1. The lowest BCUT2D eigenvalue weighted by Gasteiger charge is -2.34. The highest BCUT2D eigenvalue weighted by molar-refractivity contribution is 5.31. The van der Waals surface area contributed by atoms with Crippen molar-refractivity contribution < 1.29 is 13.9 Å². The summed E-state index contributed by atoms with van der Waals surface area (Å²) in [6, 6.07) is 5.64. The van der Waals surface area contributed by atoms with Crippen molar-refractivity contribution in [2.45, 2.75) is 31.5 Å². The molecule has 0 atom stereocenters. The summed E-state index contributed by atoms with van der Waals surface area (Å²) >= 11 is 0. The lowest BCUT2D eigenvalue weighted by Crippen LogP contribution is -2.44. The Morgan fingerprint density at radius 1 is 1.35 bits per heavy atom. The zero-order valence-electron chi connectivity index (χ0n) is 10.2. The van der Waals surface area contributed by atoms with Gasteiger partial charge in [0.25, 0.3) is 0 Å². The molecule has 0 aliphatic heterocycles. The Balaban J connectivity index is 1.87. The molecule has 0 bridgehead atoms. The van der Waals surface area contributed by atoms with E-state index in [1.54, 1.807) is 25.3 Å². The van der Waals surface area contributed by atoms with Crippen LogP contribution < -0.4 is 10.1 Å². The monoisotopic (exact) mass is 239 g/mol. The average molecular weight is 239 g/mol. The second kappa shape index (κ2) is 5.47. The summed E-state index contributed by atoms with van der Waals surface area (Å²) in [5.41, 5.74) is 0.644. The standard InChI is InChI=1S/C13H18FNO2/c1-16-11-6-10(7-11)15-8-9-4-3-5-12(17-2)13(9)14/h3-5,10-11,15H,6-8H2,1-2H3. The minimum absolute atomic E-state index is 0.273. The van der Waals surface area contributed by atoms with Crippen LogP contribution in [0, 0.1) is 5.82 Å². The van der Waals surface area contributed by atoms with Gasteiger partial charge in [-0.2, -0.15) is 0 Å². The Labute approximate surface area is 101 Å². The Morgan fingerprint density at radius 3 is 2.76 bits per heavy atom. The molecule has 1 fully saturated rings. The van der Waals surface area contributed by atoms with Crippen LogP contribution in [0.4, 0.5) is 4.39 Å². The molecule has 0 radical (unpaired) electrons. The first kappa shape index (κ1) is 12.3. The van der Waals surface area contributed by atoms with E-state index in [1.165, 1.54) is 7.11 Å². The van der Waals surface area contributed by atoms with Gasteiger partial charge in [-0.05, 0) is 18.9 Å². The van der Waals surface area contributed by atoms with Crippen LogP contribution in [-0.2, 0) is 11.3 Å². The zero-order chi connectivity index (χ0) is 12.3. The molecule has 1 N–H and O–H groups in total. The summed E-state index contributed by atoms with van der Waals surface area (Å²) in [5.74, 6) is 0.0257. The lowest BCUT2D eigenvalue weighted by molar-refractivity contribution is 0.0169. The molecule has 1 aromatic rings. The van der Waals surface area contributed by atoms with Crippen LogP contribution in [-0.4, -0.2) is 26.4 Å². The van der Waals surface area contributed by atoms with Crippen LogP contribution in [0.1, 0.15) is 18.4 Å². The number of hydrogen-bond acceptors (Lipinski definition) is 3. The van der Waals surface area contributed by atoms with Gasteiger partial charge in [0, 0.05) is 25.3 Å². The molecule has 0 saturated heterocycles. The maximum atomic E-state index is 13.8. The second-order valence-corrected chi connectivity index (χ2v) is 4.34. The first-order valence-corrected chi connectivity index (χ1v) is 5.82. The lowest BCUT2D eigenvalue weighted by atomic mass is 9.89. The summed E-state index contributed by atoms with van der Waals surface area (Å²) in [7, 11) is 3.20. The van der Waals surface area contributed by atoms with Gasteiger partial charge in [-0.25, -0.2) is 4.39 Å². The molecule has 1 saturated carbocycles. The quantitative estimate of drug-likeness (QED) is 0.853. The van der Waals surface area contributed by atoms with Crippen LogP contribution in [0.25, 0.3) is 0 Å². The molecule has 4 heteroatoms. The number of hydrogen-bond donors (Lipinski definition) is 1. The van der Waals surface area contributed by atoms with Crippen LogP contribution in [0.5, 0.6) is 5.75 Å². The van der Waals surface area contributed by atoms with Gasteiger partial charge in [0.1, 0.15) is 0 Å². The molecule has 1 aromatic carbocycles. The van der Waals surface area contributed by atoms with E-state index in [9.17, 15) is 4.39 Å². The third-order valence-corrected chi connectivity index (χ3v) is 3.27. The summed E-state index contributed by atoms with van der Waals surface area (Å²) in [4.78, 5) is 0. The van der Waals surface area contributed by atoms with Gasteiger partial charge < -0.3 is 14.8 Å². The molecule has 0 heterocycles. The van der Waals surface area contributed by atoms with Crippen molar-refractivity contribution in [2.24, 2.45) is 0 Å².